The van der Waals surface area contributed by atoms with E-state index in [-0.39, 0.29) is 16.7 Å². The first-order valence-electron chi connectivity index (χ1n) is 6.74. The van der Waals surface area contributed by atoms with Crippen molar-refractivity contribution in [2.75, 3.05) is 6.61 Å². The Morgan fingerprint density at radius 2 is 2.33 bits per heavy atom. The van der Waals surface area contributed by atoms with Crippen LogP contribution in [0.15, 0.2) is 21.6 Å². The third-order valence-corrected chi connectivity index (χ3v) is 6.25. The lowest BCUT2D eigenvalue weighted by atomic mass is 9.78. The zero-order valence-corrected chi connectivity index (χ0v) is 14.8. The average molecular weight is 398 g/mol. The molecule has 0 bridgehead atoms. The Morgan fingerprint density at radius 3 is 2.95 bits per heavy atom. The summed E-state index contributed by atoms with van der Waals surface area (Å²) in [6, 6.07) is 1.41. The number of aliphatic hydroxyl groups is 1. The minimum absolute atomic E-state index is 0.0791. The van der Waals surface area contributed by atoms with Gasteiger partial charge in [-0.3, -0.25) is 0 Å². The molecule has 1 aromatic rings. The number of pyridine rings is 1. The zero-order valence-electron chi connectivity index (χ0n) is 11.6. The van der Waals surface area contributed by atoms with Crippen LogP contribution in [0.1, 0.15) is 32.6 Å². The van der Waals surface area contributed by atoms with Crippen molar-refractivity contribution < 1.29 is 13.5 Å². The molecule has 0 radical (unpaired) electrons. The molecule has 1 aliphatic carbocycles. The quantitative estimate of drug-likeness (QED) is 0.766. The van der Waals surface area contributed by atoms with E-state index in [0.717, 1.165) is 12.8 Å². The van der Waals surface area contributed by atoms with Gasteiger partial charge in [0.1, 0.15) is 10.0 Å². The fourth-order valence-corrected chi connectivity index (χ4v) is 5.24. The molecule has 0 aliphatic heterocycles. The second kappa shape index (κ2) is 6.50. The van der Waals surface area contributed by atoms with E-state index in [1.165, 1.54) is 12.3 Å². The fraction of sp³-hybridized carbons (Fsp3) is 0.615. The highest BCUT2D eigenvalue weighted by molar-refractivity contribution is 9.10. The van der Waals surface area contributed by atoms with Gasteiger partial charge < -0.3 is 5.11 Å². The maximum atomic E-state index is 12.6. The fourth-order valence-electron chi connectivity index (χ4n) is 2.86. The number of aromatic nitrogens is 1. The lowest BCUT2D eigenvalue weighted by Crippen LogP contribution is -2.53. The molecule has 0 amide bonds. The van der Waals surface area contributed by atoms with E-state index in [0.29, 0.717) is 23.2 Å². The van der Waals surface area contributed by atoms with Gasteiger partial charge in [0.2, 0.25) is 10.0 Å². The monoisotopic (exact) mass is 396 g/mol. The van der Waals surface area contributed by atoms with Crippen molar-refractivity contribution in [1.29, 1.82) is 0 Å². The van der Waals surface area contributed by atoms with E-state index in [9.17, 15) is 13.5 Å². The summed E-state index contributed by atoms with van der Waals surface area (Å²) < 4.78 is 28.3. The molecule has 1 heterocycles. The number of halogens is 2. The number of sulfonamides is 1. The van der Waals surface area contributed by atoms with Crippen molar-refractivity contribution in [3.63, 3.8) is 0 Å². The largest absolute Gasteiger partial charge is 0.394 e. The summed E-state index contributed by atoms with van der Waals surface area (Å²) in [7, 11) is -3.84. The van der Waals surface area contributed by atoms with Gasteiger partial charge in [-0.2, -0.15) is 0 Å². The van der Waals surface area contributed by atoms with Crippen molar-refractivity contribution in [3.05, 3.63) is 21.9 Å². The lowest BCUT2D eigenvalue weighted by molar-refractivity contribution is 0.119. The minimum Gasteiger partial charge on any atom is -0.394 e. The maximum absolute atomic E-state index is 12.6. The van der Waals surface area contributed by atoms with Gasteiger partial charge in [-0.25, -0.2) is 18.1 Å². The summed E-state index contributed by atoms with van der Waals surface area (Å²) in [5.41, 5.74) is -0.817. The van der Waals surface area contributed by atoms with Crippen LogP contribution in [0.2, 0.25) is 5.15 Å². The SMILES string of the molecule is CC1CCCC(CO)(NS(=O)(=O)c2cc(Br)cnc2Cl)C1. The van der Waals surface area contributed by atoms with Gasteiger partial charge >= 0.3 is 0 Å². The first-order valence-corrected chi connectivity index (χ1v) is 9.39. The molecule has 2 N–H and O–H groups in total. The summed E-state index contributed by atoms with van der Waals surface area (Å²) in [5, 5.41) is 9.63. The van der Waals surface area contributed by atoms with Crippen LogP contribution < -0.4 is 4.72 Å². The maximum Gasteiger partial charge on any atom is 0.244 e. The Labute approximate surface area is 138 Å². The Kier molecular flexibility index (Phi) is 5.31. The number of hydrogen-bond donors (Lipinski definition) is 2. The number of rotatable bonds is 4. The molecule has 8 heteroatoms. The van der Waals surface area contributed by atoms with Gasteiger partial charge in [0, 0.05) is 10.7 Å². The van der Waals surface area contributed by atoms with Gasteiger partial charge in [-0.1, -0.05) is 31.4 Å². The molecule has 2 rings (SSSR count). The van der Waals surface area contributed by atoms with E-state index < -0.39 is 15.6 Å². The van der Waals surface area contributed by atoms with E-state index in [2.05, 4.69) is 32.6 Å². The third-order valence-electron chi connectivity index (χ3n) is 3.81. The molecule has 1 saturated carbocycles. The molecule has 1 aliphatic rings. The standard InChI is InChI=1S/C13H18BrClN2O3S/c1-9-3-2-4-13(6-9,8-18)17-21(19,20)11-5-10(14)7-16-12(11)15/h5,7,9,17-18H,2-4,6,8H2,1H3. The van der Waals surface area contributed by atoms with Crippen LogP contribution in [-0.4, -0.2) is 30.7 Å². The van der Waals surface area contributed by atoms with Crippen molar-refractivity contribution in [2.24, 2.45) is 5.92 Å². The molecule has 1 fully saturated rings. The lowest BCUT2D eigenvalue weighted by Gasteiger charge is -2.39. The number of nitrogens with zero attached hydrogens (tertiary/aromatic N) is 1. The number of nitrogens with one attached hydrogen (secondary N) is 1. The predicted octanol–water partition coefficient (Wildman–Crippen LogP) is 2.72. The smallest absolute Gasteiger partial charge is 0.244 e. The molecule has 21 heavy (non-hydrogen) atoms. The Bertz CT molecular complexity index is 626. The first kappa shape index (κ1) is 17.1. The molecule has 5 nitrogen and oxygen atoms in total. The summed E-state index contributed by atoms with van der Waals surface area (Å²) >= 11 is 9.09. The molecular weight excluding hydrogens is 380 g/mol. The van der Waals surface area contributed by atoms with Crippen LogP contribution in [0, 0.1) is 5.92 Å². The van der Waals surface area contributed by atoms with Crippen LogP contribution in [-0.2, 0) is 10.0 Å². The highest BCUT2D eigenvalue weighted by atomic mass is 79.9. The average Bonchev–Trinajstić information content (AvgIpc) is 2.41. The van der Waals surface area contributed by atoms with Crippen LogP contribution in [0.4, 0.5) is 0 Å². The zero-order chi connectivity index (χ0) is 15.7. The van der Waals surface area contributed by atoms with E-state index in [1.54, 1.807) is 0 Å². The summed E-state index contributed by atoms with van der Waals surface area (Å²) in [6.45, 7) is 1.83. The Balaban J connectivity index is 2.33. The normalized spacial score (nSPS) is 26.8. The van der Waals surface area contributed by atoms with Crippen LogP contribution in [0.25, 0.3) is 0 Å². The van der Waals surface area contributed by atoms with E-state index in [1.807, 2.05) is 0 Å². The minimum atomic E-state index is -3.84. The third kappa shape index (κ3) is 3.96. The van der Waals surface area contributed by atoms with Crippen LogP contribution in [0.3, 0.4) is 0 Å². The summed E-state index contributed by atoms with van der Waals surface area (Å²) in [6.07, 6.45) is 4.59. The van der Waals surface area contributed by atoms with Gasteiger partial charge in [-0.05, 0) is 40.8 Å². The molecule has 0 saturated heterocycles. The Hall–Kier alpha value is -0.210. The number of hydrogen-bond acceptors (Lipinski definition) is 4. The van der Waals surface area contributed by atoms with Crippen molar-refractivity contribution >= 4 is 37.6 Å². The van der Waals surface area contributed by atoms with Crippen molar-refractivity contribution in [2.45, 2.75) is 43.0 Å². The van der Waals surface area contributed by atoms with Gasteiger partial charge in [0.05, 0.1) is 12.1 Å². The molecule has 0 spiro atoms. The molecule has 2 atom stereocenters. The highest BCUT2D eigenvalue weighted by Crippen LogP contribution is 2.34. The number of aliphatic hydroxyl groups excluding tert-OH is 1. The van der Waals surface area contributed by atoms with Crippen molar-refractivity contribution in [1.82, 2.24) is 9.71 Å². The second-order valence-corrected chi connectivity index (χ2v) is 8.61. The predicted molar refractivity (Wildman–Crippen MR) is 84.7 cm³/mol. The van der Waals surface area contributed by atoms with Crippen molar-refractivity contribution in [3.8, 4) is 0 Å². The molecule has 2 unspecified atom stereocenters. The highest BCUT2D eigenvalue weighted by Gasteiger charge is 2.39. The van der Waals surface area contributed by atoms with E-state index >= 15 is 0 Å². The Morgan fingerprint density at radius 1 is 1.62 bits per heavy atom. The second-order valence-electron chi connectivity index (χ2n) is 5.69. The molecule has 118 valence electrons. The van der Waals surface area contributed by atoms with Gasteiger partial charge in [0.15, 0.2) is 0 Å². The summed E-state index contributed by atoms with van der Waals surface area (Å²) in [5.74, 6) is 0.365. The van der Waals surface area contributed by atoms with Gasteiger partial charge in [-0.15, -0.1) is 0 Å². The molecule has 0 aromatic carbocycles. The first-order chi connectivity index (χ1) is 9.78. The van der Waals surface area contributed by atoms with Crippen LogP contribution >= 0.6 is 27.5 Å². The van der Waals surface area contributed by atoms with Crippen LogP contribution in [0.5, 0.6) is 0 Å². The van der Waals surface area contributed by atoms with E-state index in [4.69, 9.17) is 11.6 Å². The topological polar surface area (TPSA) is 79.3 Å². The van der Waals surface area contributed by atoms with Gasteiger partial charge in [0.25, 0.3) is 0 Å². The molecular formula is C13H18BrClN2O3S. The summed E-state index contributed by atoms with van der Waals surface area (Å²) in [4.78, 5) is 3.76. The molecule has 1 aromatic heterocycles.